The molecule has 0 spiro atoms. The zero-order valence-corrected chi connectivity index (χ0v) is 12.3. The molecule has 1 heterocycles. The first kappa shape index (κ1) is 14.8. The number of alkyl halides is 1. The molecule has 1 fully saturated rings. The van der Waals surface area contributed by atoms with Gasteiger partial charge in [-0.3, -0.25) is 4.98 Å². The van der Waals surface area contributed by atoms with E-state index in [0.717, 1.165) is 25.0 Å². The molecule has 1 aromatic heterocycles. The number of hydrogen-bond acceptors (Lipinski definition) is 3. The largest absolute Gasteiger partial charge is 0.261 e. The van der Waals surface area contributed by atoms with E-state index in [4.69, 9.17) is 11.6 Å². The summed E-state index contributed by atoms with van der Waals surface area (Å²) in [5.74, 6) is 0.466. The van der Waals surface area contributed by atoms with Crippen molar-refractivity contribution >= 4 is 21.6 Å². The molecule has 0 amide bonds. The molecule has 4 nitrogen and oxygen atoms in total. The van der Waals surface area contributed by atoms with Crippen LogP contribution in [0.2, 0.25) is 0 Å². The molecular weight excluding hydrogens is 284 g/mol. The summed E-state index contributed by atoms with van der Waals surface area (Å²) in [4.78, 5) is 4.12. The van der Waals surface area contributed by atoms with Gasteiger partial charge in [0.1, 0.15) is 0 Å². The topological polar surface area (TPSA) is 59.1 Å². The Morgan fingerprint density at radius 2 is 2.21 bits per heavy atom. The maximum atomic E-state index is 11.9. The quantitative estimate of drug-likeness (QED) is 0.817. The first-order chi connectivity index (χ1) is 9.05. The molecule has 1 aromatic rings. The Morgan fingerprint density at radius 3 is 2.84 bits per heavy atom. The van der Waals surface area contributed by atoms with Gasteiger partial charge in [-0.25, -0.2) is 13.1 Å². The first-order valence-corrected chi connectivity index (χ1v) is 8.65. The molecule has 2 unspecified atom stereocenters. The third-order valence-electron chi connectivity index (χ3n) is 3.42. The van der Waals surface area contributed by atoms with Crippen LogP contribution in [-0.2, 0) is 16.4 Å². The van der Waals surface area contributed by atoms with Crippen LogP contribution in [0.1, 0.15) is 25.0 Å². The van der Waals surface area contributed by atoms with Crippen LogP contribution in [0.25, 0.3) is 0 Å². The van der Waals surface area contributed by atoms with E-state index in [2.05, 4.69) is 9.71 Å². The Balaban J connectivity index is 1.76. The second-order valence-corrected chi connectivity index (χ2v) is 7.56. The van der Waals surface area contributed by atoms with Crippen LogP contribution >= 0.6 is 11.6 Å². The van der Waals surface area contributed by atoms with E-state index in [1.54, 1.807) is 6.20 Å². The minimum absolute atomic E-state index is 0.0844. The molecule has 1 aliphatic rings. The predicted octanol–water partition coefficient (Wildman–Crippen LogP) is 1.95. The minimum atomic E-state index is -3.22. The standard InChI is InChI=1S/C13H19ClN2O2S/c14-12-5-4-11(9-12)10-16-19(17,18)8-6-13-3-1-2-7-15-13/h1-3,7,11-12,16H,4-6,8-10H2. The van der Waals surface area contributed by atoms with Gasteiger partial charge in [0.05, 0.1) is 5.75 Å². The van der Waals surface area contributed by atoms with Gasteiger partial charge in [0.2, 0.25) is 10.0 Å². The van der Waals surface area contributed by atoms with E-state index < -0.39 is 10.0 Å². The Kier molecular flexibility index (Phi) is 5.19. The molecular formula is C13H19ClN2O2S. The Bertz CT molecular complexity index is 493. The van der Waals surface area contributed by atoms with Crippen molar-refractivity contribution in [3.8, 4) is 0 Å². The fourth-order valence-corrected chi connectivity index (χ4v) is 3.79. The summed E-state index contributed by atoms with van der Waals surface area (Å²) < 4.78 is 26.4. The van der Waals surface area contributed by atoms with Crippen LogP contribution in [0.15, 0.2) is 24.4 Å². The number of pyridine rings is 1. The van der Waals surface area contributed by atoms with Crippen LogP contribution in [0, 0.1) is 5.92 Å². The van der Waals surface area contributed by atoms with Crippen LogP contribution in [0.5, 0.6) is 0 Å². The highest BCUT2D eigenvalue weighted by Crippen LogP contribution is 2.28. The smallest absolute Gasteiger partial charge is 0.211 e. The van der Waals surface area contributed by atoms with Gasteiger partial charge in [0.15, 0.2) is 0 Å². The van der Waals surface area contributed by atoms with E-state index in [-0.39, 0.29) is 11.1 Å². The molecule has 0 aliphatic heterocycles. The third kappa shape index (κ3) is 5.09. The average molecular weight is 303 g/mol. The van der Waals surface area contributed by atoms with Crippen LogP contribution in [-0.4, -0.2) is 31.1 Å². The van der Waals surface area contributed by atoms with Gasteiger partial charge in [-0.15, -0.1) is 11.6 Å². The van der Waals surface area contributed by atoms with E-state index >= 15 is 0 Å². The Labute approximate surface area is 119 Å². The lowest BCUT2D eigenvalue weighted by Crippen LogP contribution is -2.31. The maximum Gasteiger partial charge on any atom is 0.211 e. The second kappa shape index (κ2) is 6.68. The number of aryl methyl sites for hydroxylation is 1. The van der Waals surface area contributed by atoms with Gasteiger partial charge in [0, 0.05) is 30.2 Å². The number of halogens is 1. The van der Waals surface area contributed by atoms with E-state index in [1.807, 2.05) is 18.2 Å². The van der Waals surface area contributed by atoms with Gasteiger partial charge in [-0.05, 0) is 37.3 Å². The molecule has 0 bridgehead atoms. The van der Waals surface area contributed by atoms with E-state index in [9.17, 15) is 8.42 Å². The van der Waals surface area contributed by atoms with Crippen molar-refractivity contribution in [2.75, 3.05) is 12.3 Å². The molecule has 0 saturated heterocycles. The fourth-order valence-electron chi connectivity index (χ4n) is 2.30. The number of aromatic nitrogens is 1. The lowest BCUT2D eigenvalue weighted by Gasteiger charge is -2.11. The number of hydrogen-bond donors (Lipinski definition) is 1. The number of rotatable bonds is 6. The highest BCUT2D eigenvalue weighted by molar-refractivity contribution is 7.89. The molecule has 1 aliphatic carbocycles. The molecule has 2 atom stereocenters. The zero-order chi connectivity index (χ0) is 13.7. The Hall–Kier alpha value is -0.650. The summed E-state index contributed by atoms with van der Waals surface area (Å²) in [6, 6.07) is 5.52. The van der Waals surface area contributed by atoms with Gasteiger partial charge in [-0.2, -0.15) is 0 Å². The molecule has 0 radical (unpaired) electrons. The van der Waals surface area contributed by atoms with E-state index in [1.165, 1.54) is 0 Å². The SMILES string of the molecule is O=S(=O)(CCc1ccccn1)NCC1CCC(Cl)C1. The van der Waals surface area contributed by atoms with Crippen LogP contribution in [0.3, 0.4) is 0 Å². The fraction of sp³-hybridized carbons (Fsp3) is 0.615. The molecule has 19 heavy (non-hydrogen) atoms. The summed E-state index contributed by atoms with van der Waals surface area (Å²) in [7, 11) is -3.22. The lowest BCUT2D eigenvalue weighted by atomic mass is 10.1. The van der Waals surface area contributed by atoms with Gasteiger partial charge < -0.3 is 0 Å². The number of nitrogens with one attached hydrogen (secondary N) is 1. The monoisotopic (exact) mass is 302 g/mol. The average Bonchev–Trinajstić information content (AvgIpc) is 2.82. The molecule has 0 aromatic carbocycles. The van der Waals surface area contributed by atoms with Crippen LogP contribution in [0.4, 0.5) is 0 Å². The van der Waals surface area contributed by atoms with Crippen molar-refractivity contribution in [3.63, 3.8) is 0 Å². The lowest BCUT2D eigenvalue weighted by molar-refractivity contribution is 0.520. The first-order valence-electron chi connectivity index (χ1n) is 6.56. The summed E-state index contributed by atoms with van der Waals surface area (Å²) in [5.41, 5.74) is 0.801. The second-order valence-electron chi connectivity index (χ2n) is 5.01. The van der Waals surface area contributed by atoms with Crippen molar-refractivity contribution in [1.82, 2.24) is 9.71 Å². The molecule has 1 saturated carbocycles. The number of nitrogens with zero attached hydrogens (tertiary/aromatic N) is 1. The van der Waals surface area contributed by atoms with Gasteiger partial charge >= 0.3 is 0 Å². The molecule has 1 N–H and O–H groups in total. The third-order valence-corrected chi connectivity index (χ3v) is 5.17. The number of sulfonamides is 1. The summed E-state index contributed by atoms with van der Waals surface area (Å²) >= 11 is 6.01. The molecule has 6 heteroatoms. The van der Waals surface area contributed by atoms with Crippen molar-refractivity contribution in [1.29, 1.82) is 0 Å². The van der Waals surface area contributed by atoms with Crippen molar-refractivity contribution in [3.05, 3.63) is 30.1 Å². The normalized spacial score (nSPS) is 23.6. The zero-order valence-electron chi connectivity index (χ0n) is 10.8. The summed E-state index contributed by atoms with van der Waals surface area (Å²) in [6.07, 6.45) is 5.02. The Morgan fingerprint density at radius 1 is 1.37 bits per heavy atom. The van der Waals surface area contributed by atoms with Crippen LogP contribution < -0.4 is 4.72 Å². The highest BCUT2D eigenvalue weighted by atomic mass is 35.5. The van der Waals surface area contributed by atoms with E-state index in [0.29, 0.717) is 18.9 Å². The van der Waals surface area contributed by atoms with Gasteiger partial charge in [0.25, 0.3) is 0 Å². The molecule has 2 rings (SSSR count). The van der Waals surface area contributed by atoms with Crippen molar-refractivity contribution in [2.24, 2.45) is 5.92 Å². The van der Waals surface area contributed by atoms with Gasteiger partial charge in [-0.1, -0.05) is 6.07 Å². The predicted molar refractivity (Wildman–Crippen MR) is 76.7 cm³/mol. The summed E-state index contributed by atoms with van der Waals surface area (Å²) in [6.45, 7) is 0.508. The van der Waals surface area contributed by atoms with Crippen molar-refractivity contribution in [2.45, 2.75) is 31.1 Å². The van der Waals surface area contributed by atoms with Crippen molar-refractivity contribution < 1.29 is 8.42 Å². The molecule has 106 valence electrons. The highest BCUT2D eigenvalue weighted by Gasteiger charge is 2.24. The summed E-state index contributed by atoms with van der Waals surface area (Å²) in [5, 5.41) is 0.211. The minimum Gasteiger partial charge on any atom is -0.261 e. The maximum absolute atomic E-state index is 11.9.